The van der Waals surface area contributed by atoms with Gasteiger partial charge in [-0.2, -0.15) is 13.2 Å². The molecule has 0 saturated carbocycles. The second-order valence-electron chi connectivity index (χ2n) is 6.63. The Morgan fingerprint density at radius 3 is 2.79 bits per heavy atom. The number of alkyl halides is 3. The van der Waals surface area contributed by atoms with Crippen LogP contribution >= 0.6 is 11.6 Å². The van der Waals surface area contributed by atoms with E-state index < -0.39 is 24.2 Å². The summed E-state index contributed by atoms with van der Waals surface area (Å²) in [6.07, 6.45) is 0.433. The molecule has 0 spiro atoms. The molecule has 0 radical (unpaired) electrons. The molecule has 0 aliphatic carbocycles. The molecule has 7 nitrogen and oxygen atoms in total. The van der Waals surface area contributed by atoms with Crippen LogP contribution in [-0.4, -0.2) is 44.1 Å². The number of halogens is 4. The summed E-state index contributed by atoms with van der Waals surface area (Å²) < 4.78 is 37.3. The van der Waals surface area contributed by atoms with Gasteiger partial charge >= 0.3 is 6.18 Å². The number of aromatic nitrogens is 4. The molecule has 0 unspecified atom stereocenters. The summed E-state index contributed by atoms with van der Waals surface area (Å²) in [7, 11) is 0. The molecular weight excluding hydrogens is 409 g/mol. The van der Waals surface area contributed by atoms with Gasteiger partial charge in [-0.25, -0.2) is 15.0 Å². The molecule has 160 valence electrons. The first-order valence-corrected chi connectivity index (χ1v) is 9.08. The standard InChI is InChI=1S/C18H18ClF3N6O.3H2/c1-3-17(2,16(29)26-9-18(20,21)22)28-13-4-5-23-15(27-13)12-8-25-14-11(12)6-10(19)7-24-14;;;/h4-8H,3,9H2,1-2H3,(H,24,25)(H,26,29)(H,23,27,28);3*1H/t17-;;;/m0.../s1. The minimum absolute atomic E-state index is 0. The van der Waals surface area contributed by atoms with Crippen LogP contribution in [0, 0.1) is 0 Å². The number of H-pyrrole nitrogens is 1. The first-order chi connectivity index (χ1) is 13.6. The van der Waals surface area contributed by atoms with Crippen LogP contribution in [0.2, 0.25) is 5.02 Å². The van der Waals surface area contributed by atoms with Gasteiger partial charge in [-0.3, -0.25) is 4.79 Å². The predicted molar refractivity (Wildman–Crippen MR) is 110 cm³/mol. The van der Waals surface area contributed by atoms with Gasteiger partial charge in [0.1, 0.15) is 23.5 Å². The first kappa shape index (κ1) is 20.8. The quantitative estimate of drug-likeness (QED) is 0.526. The molecule has 29 heavy (non-hydrogen) atoms. The minimum atomic E-state index is -4.49. The largest absolute Gasteiger partial charge is 0.405 e. The molecule has 0 bridgehead atoms. The number of carbonyl (C=O) groups is 1. The Balaban J connectivity index is 0.00000320. The maximum Gasteiger partial charge on any atom is 0.405 e. The van der Waals surface area contributed by atoms with Crippen molar-refractivity contribution in [2.75, 3.05) is 11.9 Å². The SMILES string of the molecule is CC[C@](C)(Nc1ccnc(-c2c[nH]c3ncc(Cl)cc23)n1)C(=O)NCC(F)(F)F.[HH].[HH].[HH]. The molecule has 0 aromatic carbocycles. The van der Waals surface area contributed by atoms with E-state index in [2.05, 4.69) is 25.3 Å². The molecule has 0 aliphatic heterocycles. The zero-order valence-corrected chi connectivity index (χ0v) is 16.3. The summed E-state index contributed by atoms with van der Waals surface area (Å²) in [6, 6.07) is 3.26. The van der Waals surface area contributed by atoms with E-state index in [9.17, 15) is 18.0 Å². The molecule has 3 aromatic heterocycles. The number of pyridine rings is 1. The molecule has 0 fully saturated rings. The lowest BCUT2D eigenvalue weighted by Gasteiger charge is -2.29. The van der Waals surface area contributed by atoms with Gasteiger partial charge in [0, 0.05) is 33.8 Å². The van der Waals surface area contributed by atoms with Crippen LogP contribution in [0.5, 0.6) is 0 Å². The van der Waals surface area contributed by atoms with E-state index in [1.807, 2.05) is 5.32 Å². The van der Waals surface area contributed by atoms with E-state index in [0.717, 1.165) is 5.39 Å². The van der Waals surface area contributed by atoms with Crippen molar-refractivity contribution in [3.8, 4) is 11.4 Å². The van der Waals surface area contributed by atoms with E-state index >= 15 is 0 Å². The van der Waals surface area contributed by atoms with Crippen molar-refractivity contribution in [1.82, 2.24) is 25.3 Å². The normalized spacial score (nSPS) is 13.9. The van der Waals surface area contributed by atoms with E-state index in [4.69, 9.17) is 11.6 Å². The molecule has 0 aliphatic rings. The Hall–Kier alpha value is -2.88. The minimum Gasteiger partial charge on any atom is -0.356 e. The summed E-state index contributed by atoms with van der Waals surface area (Å²) in [5.41, 5.74) is -0.0308. The summed E-state index contributed by atoms with van der Waals surface area (Å²) in [4.78, 5) is 28.2. The summed E-state index contributed by atoms with van der Waals surface area (Å²) in [5.74, 6) is -0.133. The number of rotatable bonds is 6. The van der Waals surface area contributed by atoms with Crippen LogP contribution in [-0.2, 0) is 4.79 Å². The fourth-order valence-corrected chi connectivity index (χ4v) is 2.84. The van der Waals surface area contributed by atoms with Gasteiger partial charge in [0.25, 0.3) is 0 Å². The lowest BCUT2D eigenvalue weighted by Crippen LogP contribution is -2.52. The van der Waals surface area contributed by atoms with Crippen LogP contribution in [0.15, 0.2) is 30.7 Å². The number of amides is 1. The maximum absolute atomic E-state index is 12.4. The summed E-state index contributed by atoms with van der Waals surface area (Å²) in [5, 5.41) is 6.00. The van der Waals surface area contributed by atoms with E-state index in [0.29, 0.717) is 27.9 Å². The number of nitrogens with zero attached hydrogens (tertiary/aromatic N) is 3. The third-order valence-corrected chi connectivity index (χ3v) is 4.66. The van der Waals surface area contributed by atoms with Crippen molar-refractivity contribution >= 4 is 34.4 Å². The third kappa shape index (κ3) is 4.76. The number of carbonyl (C=O) groups excluding carboxylic acids is 1. The summed E-state index contributed by atoms with van der Waals surface area (Å²) >= 11 is 6.01. The molecule has 3 aromatic rings. The van der Waals surface area contributed by atoms with E-state index in [1.165, 1.54) is 25.4 Å². The van der Waals surface area contributed by atoms with Crippen molar-refractivity contribution in [3.63, 3.8) is 0 Å². The van der Waals surface area contributed by atoms with Crippen LogP contribution < -0.4 is 10.6 Å². The predicted octanol–water partition coefficient (Wildman–Crippen LogP) is 4.67. The highest BCUT2D eigenvalue weighted by atomic mass is 35.5. The zero-order chi connectivity index (χ0) is 21.2. The highest BCUT2D eigenvalue weighted by Gasteiger charge is 2.35. The monoisotopic (exact) mass is 432 g/mol. The van der Waals surface area contributed by atoms with Crippen molar-refractivity contribution in [2.24, 2.45) is 0 Å². The number of hydrogen-bond donors (Lipinski definition) is 3. The van der Waals surface area contributed by atoms with E-state index in [1.54, 1.807) is 19.2 Å². The summed E-state index contributed by atoms with van der Waals surface area (Å²) in [6.45, 7) is 1.80. The molecular formula is C18H24ClF3N6O. The molecule has 3 heterocycles. The van der Waals surface area contributed by atoms with Gasteiger partial charge in [0.2, 0.25) is 5.91 Å². The fraction of sp³-hybridized carbons (Fsp3) is 0.333. The van der Waals surface area contributed by atoms with Crippen LogP contribution in [0.1, 0.15) is 24.5 Å². The van der Waals surface area contributed by atoms with Gasteiger partial charge in [0.15, 0.2) is 5.82 Å². The number of anilines is 1. The smallest absolute Gasteiger partial charge is 0.356 e. The molecule has 0 saturated heterocycles. The van der Waals surface area contributed by atoms with Gasteiger partial charge in [-0.05, 0) is 25.5 Å². The second kappa shape index (κ2) is 7.86. The average molecular weight is 433 g/mol. The number of hydrogen-bond acceptors (Lipinski definition) is 5. The Labute approximate surface area is 173 Å². The molecule has 3 N–H and O–H groups in total. The Morgan fingerprint density at radius 1 is 1.34 bits per heavy atom. The van der Waals surface area contributed by atoms with Crippen LogP contribution in [0.3, 0.4) is 0 Å². The highest BCUT2D eigenvalue weighted by molar-refractivity contribution is 6.31. The Morgan fingerprint density at radius 2 is 2.10 bits per heavy atom. The lowest BCUT2D eigenvalue weighted by atomic mass is 9.97. The topological polar surface area (TPSA) is 95.6 Å². The molecule has 1 amide bonds. The third-order valence-electron chi connectivity index (χ3n) is 4.46. The zero-order valence-electron chi connectivity index (χ0n) is 15.6. The van der Waals surface area contributed by atoms with Gasteiger partial charge in [-0.15, -0.1) is 0 Å². The number of aromatic amines is 1. The second-order valence-corrected chi connectivity index (χ2v) is 7.06. The molecule has 3 rings (SSSR count). The Kier molecular flexibility index (Phi) is 5.65. The van der Waals surface area contributed by atoms with E-state index in [-0.39, 0.29) is 10.7 Å². The van der Waals surface area contributed by atoms with Crippen molar-refractivity contribution in [3.05, 3.63) is 35.7 Å². The average Bonchev–Trinajstić information content (AvgIpc) is 3.08. The fourth-order valence-electron chi connectivity index (χ4n) is 2.68. The van der Waals surface area contributed by atoms with Gasteiger partial charge in [-0.1, -0.05) is 18.5 Å². The van der Waals surface area contributed by atoms with Crippen LogP contribution in [0.4, 0.5) is 19.0 Å². The van der Waals surface area contributed by atoms with Crippen molar-refractivity contribution in [2.45, 2.75) is 32.0 Å². The van der Waals surface area contributed by atoms with Crippen LogP contribution in [0.25, 0.3) is 22.4 Å². The van der Waals surface area contributed by atoms with Crippen molar-refractivity contribution in [1.29, 1.82) is 0 Å². The van der Waals surface area contributed by atoms with Gasteiger partial charge in [0.05, 0.1) is 5.02 Å². The van der Waals surface area contributed by atoms with Gasteiger partial charge < -0.3 is 15.6 Å². The molecule has 1 atom stereocenters. The first-order valence-electron chi connectivity index (χ1n) is 8.70. The van der Waals surface area contributed by atoms with Crippen molar-refractivity contribution < 1.29 is 22.2 Å². The Bertz CT molecular complexity index is 1050. The molecule has 11 heteroatoms. The number of fused-ring (bicyclic) bond motifs is 1. The maximum atomic E-state index is 12.4. The lowest BCUT2D eigenvalue weighted by molar-refractivity contribution is -0.140. The highest BCUT2D eigenvalue weighted by Crippen LogP contribution is 2.28. The number of nitrogens with one attached hydrogen (secondary N) is 3.